The fourth-order valence-electron chi connectivity index (χ4n) is 2.54. The minimum atomic E-state index is -0.626. The first-order valence-corrected chi connectivity index (χ1v) is 10.0. The molecule has 1 N–H and O–H groups in total. The zero-order chi connectivity index (χ0) is 19.8. The number of nitrogens with one attached hydrogen (secondary N) is 1. The van der Waals surface area contributed by atoms with Crippen LogP contribution in [0.4, 0.5) is 4.39 Å². The van der Waals surface area contributed by atoms with E-state index < -0.39 is 6.04 Å². The van der Waals surface area contributed by atoms with Gasteiger partial charge in [0.2, 0.25) is 11.8 Å². The van der Waals surface area contributed by atoms with Crippen molar-refractivity contribution in [2.75, 3.05) is 12.8 Å². The van der Waals surface area contributed by atoms with Crippen LogP contribution in [0.1, 0.15) is 18.1 Å². The summed E-state index contributed by atoms with van der Waals surface area (Å²) in [6.45, 7) is 1.92. The number of likely N-dealkylation sites (N-methyl/N-ethyl adjacent to an activating group) is 1. The summed E-state index contributed by atoms with van der Waals surface area (Å²) in [5.74, 6) is 0.140. The molecule has 4 nitrogen and oxygen atoms in total. The average Bonchev–Trinajstić information content (AvgIpc) is 2.66. The number of carbonyl (C=O) groups excluding carboxylic acids is 2. The lowest BCUT2D eigenvalue weighted by Crippen LogP contribution is -2.47. The fraction of sp³-hybridized carbons (Fsp3) is 0.300. The summed E-state index contributed by atoms with van der Waals surface area (Å²) in [5, 5.41) is 3.23. The zero-order valence-electron chi connectivity index (χ0n) is 15.2. The van der Waals surface area contributed by atoms with E-state index >= 15 is 0 Å². The van der Waals surface area contributed by atoms with Crippen LogP contribution in [-0.2, 0) is 21.9 Å². The van der Waals surface area contributed by atoms with Crippen molar-refractivity contribution in [3.63, 3.8) is 0 Å². The van der Waals surface area contributed by atoms with E-state index in [2.05, 4.69) is 5.32 Å². The molecule has 0 heterocycles. The van der Waals surface area contributed by atoms with E-state index in [0.717, 1.165) is 11.1 Å². The normalized spacial score (nSPS) is 11.7. The molecule has 7 heteroatoms. The highest BCUT2D eigenvalue weighted by molar-refractivity contribution is 7.99. The first-order chi connectivity index (χ1) is 12.9. The van der Waals surface area contributed by atoms with Crippen molar-refractivity contribution in [1.29, 1.82) is 0 Å². The van der Waals surface area contributed by atoms with Crippen LogP contribution in [0.15, 0.2) is 48.5 Å². The Morgan fingerprint density at radius 3 is 2.52 bits per heavy atom. The van der Waals surface area contributed by atoms with Gasteiger partial charge >= 0.3 is 0 Å². The number of carbonyl (C=O) groups is 2. The Balaban J connectivity index is 2.03. The van der Waals surface area contributed by atoms with Crippen molar-refractivity contribution in [2.45, 2.75) is 25.3 Å². The molecule has 0 unspecified atom stereocenters. The number of halogens is 2. The van der Waals surface area contributed by atoms with E-state index in [1.165, 1.54) is 35.8 Å². The number of amides is 2. The maximum absolute atomic E-state index is 13.1. The zero-order valence-corrected chi connectivity index (χ0v) is 16.8. The van der Waals surface area contributed by atoms with Gasteiger partial charge in [0.1, 0.15) is 11.9 Å². The number of thioether (sulfide) groups is 1. The Kier molecular flexibility index (Phi) is 8.13. The van der Waals surface area contributed by atoms with Crippen LogP contribution in [0.3, 0.4) is 0 Å². The Morgan fingerprint density at radius 2 is 1.89 bits per heavy atom. The lowest BCUT2D eigenvalue weighted by Gasteiger charge is -2.28. The van der Waals surface area contributed by atoms with Gasteiger partial charge in [0.25, 0.3) is 0 Å². The molecule has 2 aromatic rings. The van der Waals surface area contributed by atoms with Gasteiger partial charge in [-0.2, -0.15) is 0 Å². The van der Waals surface area contributed by atoms with Crippen LogP contribution >= 0.6 is 23.4 Å². The van der Waals surface area contributed by atoms with Gasteiger partial charge < -0.3 is 10.2 Å². The molecule has 2 aromatic carbocycles. The van der Waals surface area contributed by atoms with Crippen LogP contribution in [0.5, 0.6) is 0 Å². The van der Waals surface area contributed by atoms with Crippen molar-refractivity contribution in [1.82, 2.24) is 10.2 Å². The molecule has 0 aliphatic heterocycles. The van der Waals surface area contributed by atoms with Crippen molar-refractivity contribution in [3.05, 3.63) is 70.5 Å². The summed E-state index contributed by atoms with van der Waals surface area (Å²) in [6, 6.07) is 12.8. The van der Waals surface area contributed by atoms with Crippen LogP contribution < -0.4 is 5.32 Å². The maximum atomic E-state index is 13.1. The summed E-state index contributed by atoms with van der Waals surface area (Å²) < 4.78 is 13.1. The summed E-state index contributed by atoms with van der Waals surface area (Å²) >= 11 is 7.43. The molecular weight excluding hydrogens is 387 g/mol. The van der Waals surface area contributed by atoms with Gasteiger partial charge in [0, 0.05) is 24.4 Å². The van der Waals surface area contributed by atoms with Crippen LogP contribution in [0.2, 0.25) is 5.02 Å². The lowest BCUT2D eigenvalue weighted by molar-refractivity contribution is -0.138. The van der Waals surface area contributed by atoms with E-state index in [9.17, 15) is 14.0 Å². The topological polar surface area (TPSA) is 49.4 Å². The van der Waals surface area contributed by atoms with Gasteiger partial charge in [0.15, 0.2) is 0 Å². The van der Waals surface area contributed by atoms with Crippen LogP contribution in [0.25, 0.3) is 0 Å². The smallest absolute Gasteiger partial charge is 0.242 e. The summed E-state index contributed by atoms with van der Waals surface area (Å²) in [5.41, 5.74) is 1.80. The summed E-state index contributed by atoms with van der Waals surface area (Å²) in [4.78, 5) is 26.3. The Bertz CT molecular complexity index is 786. The second kappa shape index (κ2) is 10.3. The van der Waals surface area contributed by atoms with Gasteiger partial charge in [0.05, 0.1) is 5.75 Å². The Labute approximate surface area is 168 Å². The van der Waals surface area contributed by atoms with E-state index in [-0.39, 0.29) is 29.9 Å². The number of benzene rings is 2. The predicted molar refractivity (Wildman–Crippen MR) is 108 cm³/mol. The van der Waals surface area contributed by atoms with Crippen LogP contribution in [-0.4, -0.2) is 35.6 Å². The molecular formula is C20H22ClFN2O2S. The number of hydrogen-bond acceptors (Lipinski definition) is 3. The Hall–Kier alpha value is -2.05. The molecule has 27 heavy (non-hydrogen) atoms. The number of nitrogens with zero attached hydrogens (tertiary/aromatic N) is 1. The van der Waals surface area contributed by atoms with Gasteiger partial charge in [-0.15, -0.1) is 11.8 Å². The van der Waals surface area contributed by atoms with Gasteiger partial charge in [-0.3, -0.25) is 9.59 Å². The van der Waals surface area contributed by atoms with E-state index in [1.54, 1.807) is 25.1 Å². The molecule has 1 atom stereocenters. The van der Waals surface area contributed by atoms with E-state index in [4.69, 9.17) is 11.6 Å². The number of rotatable bonds is 8. The van der Waals surface area contributed by atoms with Gasteiger partial charge in [-0.05, 0) is 42.3 Å². The quantitative estimate of drug-likeness (QED) is 0.721. The minimum absolute atomic E-state index is 0.151. The van der Waals surface area contributed by atoms with E-state index in [1.807, 2.05) is 18.2 Å². The molecule has 0 aliphatic rings. The Morgan fingerprint density at radius 1 is 1.19 bits per heavy atom. The molecule has 0 bridgehead atoms. The molecule has 0 aliphatic carbocycles. The predicted octanol–water partition coefficient (Wildman–Crippen LogP) is 3.88. The largest absolute Gasteiger partial charge is 0.357 e. The molecule has 144 valence electrons. The van der Waals surface area contributed by atoms with E-state index in [0.29, 0.717) is 10.8 Å². The monoisotopic (exact) mass is 408 g/mol. The van der Waals surface area contributed by atoms with Crippen LogP contribution in [0, 0.1) is 5.82 Å². The third kappa shape index (κ3) is 6.56. The summed E-state index contributed by atoms with van der Waals surface area (Å²) in [6.07, 6.45) is 0. The van der Waals surface area contributed by atoms with Crippen molar-refractivity contribution >= 4 is 35.2 Å². The average molecular weight is 409 g/mol. The lowest BCUT2D eigenvalue weighted by atomic mass is 10.1. The van der Waals surface area contributed by atoms with Gasteiger partial charge in [-0.25, -0.2) is 4.39 Å². The van der Waals surface area contributed by atoms with Crippen molar-refractivity contribution in [2.24, 2.45) is 0 Å². The molecule has 0 fully saturated rings. The molecule has 0 radical (unpaired) electrons. The summed E-state index contributed by atoms with van der Waals surface area (Å²) in [7, 11) is 1.53. The molecule has 0 spiro atoms. The van der Waals surface area contributed by atoms with Crippen molar-refractivity contribution < 1.29 is 14.0 Å². The molecule has 2 amide bonds. The first kappa shape index (κ1) is 21.3. The second-order valence-electron chi connectivity index (χ2n) is 6.06. The molecule has 0 saturated heterocycles. The third-order valence-corrected chi connectivity index (χ3v) is 5.29. The van der Waals surface area contributed by atoms with Gasteiger partial charge in [-0.1, -0.05) is 35.9 Å². The molecule has 0 saturated carbocycles. The van der Waals surface area contributed by atoms with Crippen molar-refractivity contribution in [3.8, 4) is 0 Å². The first-order valence-electron chi connectivity index (χ1n) is 8.48. The third-order valence-electron chi connectivity index (χ3n) is 4.06. The number of hydrogen-bond donors (Lipinski definition) is 1. The highest BCUT2D eigenvalue weighted by atomic mass is 35.5. The maximum Gasteiger partial charge on any atom is 0.242 e. The SMILES string of the molecule is CNC(=O)[C@H](C)N(Cc1ccc(F)cc1)C(=O)CSCc1cccc(Cl)c1. The molecule has 0 aromatic heterocycles. The molecule has 2 rings (SSSR count). The highest BCUT2D eigenvalue weighted by Crippen LogP contribution is 2.18. The fourth-order valence-corrected chi connectivity index (χ4v) is 3.61. The minimum Gasteiger partial charge on any atom is -0.357 e. The second-order valence-corrected chi connectivity index (χ2v) is 7.48. The standard InChI is InChI=1S/C20H22ClFN2O2S/c1-14(20(26)23-2)24(11-15-6-8-18(22)9-7-15)19(25)13-27-12-16-4-3-5-17(21)10-16/h3-10,14H,11-13H2,1-2H3,(H,23,26)/t14-/m0/s1. The highest BCUT2D eigenvalue weighted by Gasteiger charge is 2.25.